The number of carbonyl (C=O) groups excluding carboxylic acids is 2. The van der Waals surface area contributed by atoms with E-state index in [0.29, 0.717) is 5.56 Å². The van der Waals surface area contributed by atoms with Crippen molar-refractivity contribution in [3.8, 4) is 0 Å². The Morgan fingerprint density at radius 2 is 1.58 bits per heavy atom. The van der Waals surface area contributed by atoms with Crippen LogP contribution in [0.15, 0.2) is 54.6 Å². The van der Waals surface area contributed by atoms with Crippen LogP contribution in [0.4, 0.5) is 24.5 Å². The number of nitro benzene ring substituents is 1. The summed E-state index contributed by atoms with van der Waals surface area (Å²) >= 11 is 0. The molecule has 0 aromatic heterocycles. The van der Waals surface area contributed by atoms with Gasteiger partial charge in [-0.2, -0.15) is 13.2 Å². The highest BCUT2D eigenvalue weighted by Gasteiger charge is 2.38. The van der Waals surface area contributed by atoms with E-state index in [9.17, 15) is 32.9 Å². The van der Waals surface area contributed by atoms with Crippen LogP contribution in [0, 0.1) is 10.1 Å². The number of ketones is 1. The molecule has 0 saturated carbocycles. The Morgan fingerprint density at radius 3 is 2.08 bits per heavy atom. The second-order valence-corrected chi connectivity index (χ2v) is 5.08. The van der Waals surface area contributed by atoms with Crippen LogP contribution in [0.25, 0.3) is 6.08 Å². The molecule has 1 N–H and O–H groups in total. The number of nitro groups is 1. The predicted molar refractivity (Wildman–Crippen MR) is 87.6 cm³/mol. The molecule has 0 radical (unpaired) electrons. The minimum Gasteiger partial charge on any atom is -0.318 e. The molecule has 0 heterocycles. The van der Waals surface area contributed by atoms with Crippen molar-refractivity contribution < 1.29 is 27.7 Å². The van der Waals surface area contributed by atoms with Crippen LogP contribution < -0.4 is 5.32 Å². The molecule has 6 nitrogen and oxygen atoms in total. The Morgan fingerprint density at radius 1 is 1.00 bits per heavy atom. The first kappa shape index (κ1) is 18.8. The summed E-state index contributed by atoms with van der Waals surface area (Å²) in [5.41, 5.74) is 0.597. The molecule has 0 aliphatic rings. The molecule has 0 saturated heterocycles. The Balaban J connectivity index is 2.03. The number of rotatable bonds is 5. The number of anilines is 1. The quantitative estimate of drug-likeness (QED) is 0.376. The van der Waals surface area contributed by atoms with Crippen molar-refractivity contribution in [2.24, 2.45) is 0 Å². The van der Waals surface area contributed by atoms with Gasteiger partial charge in [-0.3, -0.25) is 19.7 Å². The summed E-state index contributed by atoms with van der Waals surface area (Å²) in [4.78, 5) is 32.9. The maximum absolute atomic E-state index is 12.2. The Hall–Kier alpha value is -3.49. The fourth-order valence-corrected chi connectivity index (χ4v) is 1.90. The fourth-order valence-electron chi connectivity index (χ4n) is 1.90. The van der Waals surface area contributed by atoms with Crippen LogP contribution in [0.5, 0.6) is 0 Å². The zero-order chi connectivity index (χ0) is 19.3. The molecule has 134 valence electrons. The van der Waals surface area contributed by atoms with E-state index in [1.807, 2.05) is 0 Å². The van der Waals surface area contributed by atoms with Gasteiger partial charge in [-0.1, -0.05) is 6.08 Å². The van der Waals surface area contributed by atoms with Gasteiger partial charge >= 0.3 is 12.1 Å². The number of hydrogen-bond acceptors (Lipinski definition) is 4. The van der Waals surface area contributed by atoms with Crippen molar-refractivity contribution in [2.75, 3.05) is 5.32 Å². The zero-order valence-corrected chi connectivity index (χ0v) is 13.0. The SMILES string of the molecule is O=C(C=Cc1ccc([N+](=O)[O-])cc1)c1ccc(NC(=O)C(F)(F)F)cc1. The van der Waals surface area contributed by atoms with E-state index in [1.54, 1.807) is 5.32 Å². The lowest BCUT2D eigenvalue weighted by molar-refractivity contribution is -0.384. The van der Waals surface area contributed by atoms with Gasteiger partial charge in [-0.15, -0.1) is 0 Å². The molecule has 0 aliphatic carbocycles. The highest BCUT2D eigenvalue weighted by molar-refractivity contribution is 6.07. The van der Waals surface area contributed by atoms with Gasteiger partial charge in [0.1, 0.15) is 0 Å². The third-order valence-electron chi connectivity index (χ3n) is 3.22. The van der Waals surface area contributed by atoms with Crippen molar-refractivity contribution >= 4 is 29.1 Å². The summed E-state index contributed by atoms with van der Waals surface area (Å²) in [6.45, 7) is 0. The predicted octanol–water partition coefficient (Wildman–Crippen LogP) is 3.99. The number of alkyl halides is 3. The molecule has 2 aromatic rings. The monoisotopic (exact) mass is 364 g/mol. The van der Waals surface area contributed by atoms with Crippen LogP contribution >= 0.6 is 0 Å². The molecule has 0 fully saturated rings. The molecule has 26 heavy (non-hydrogen) atoms. The van der Waals surface area contributed by atoms with Crippen molar-refractivity contribution in [1.82, 2.24) is 0 Å². The number of halogens is 3. The average molecular weight is 364 g/mol. The maximum Gasteiger partial charge on any atom is 0.471 e. The van der Waals surface area contributed by atoms with Crippen LogP contribution in [0.2, 0.25) is 0 Å². The number of carbonyl (C=O) groups is 2. The Bertz CT molecular complexity index is 857. The molecular formula is C17H11F3N2O4. The third-order valence-corrected chi connectivity index (χ3v) is 3.22. The average Bonchev–Trinajstić information content (AvgIpc) is 2.59. The van der Waals surface area contributed by atoms with Gasteiger partial charge in [0.15, 0.2) is 5.78 Å². The maximum atomic E-state index is 12.2. The van der Waals surface area contributed by atoms with E-state index >= 15 is 0 Å². The first-order valence-electron chi connectivity index (χ1n) is 7.12. The normalized spacial score (nSPS) is 11.3. The van der Waals surface area contributed by atoms with Gasteiger partial charge in [0.05, 0.1) is 4.92 Å². The first-order valence-corrected chi connectivity index (χ1v) is 7.12. The van der Waals surface area contributed by atoms with Gasteiger partial charge in [0, 0.05) is 23.4 Å². The largest absolute Gasteiger partial charge is 0.471 e. The van der Waals surface area contributed by atoms with Crippen LogP contribution in [-0.4, -0.2) is 22.8 Å². The summed E-state index contributed by atoms with van der Waals surface area (Å²) in [6, 6.07) is 10.4. The summed E-state index contributed by atoms with van der Waals surface area (Å²) in [5.74, 6) is -2.52. The van der Waals surface area contributed by atoms with Crippen molar-refractivity contribution in [3.05, 3.63) is 75.8 Å². The Kier molecular flexibility index (Phi) is 5.51. The molecule has 1 amide bonds. The molecule has 9 heteroatoms. The second kappa shape index (κ2) is 7.60. The molecule has 0 unspecified atom stereocenters. The molecule has 0 spiro atoms. The smallest absolute Gasteiger partial charge is 0.318 e. The van der Waals surface area contributed by atoms with E-state index in [2.05, 4.69) is 0 Å². The summed E-state index contributed by atoms with van der Waals surface area (Å²) in [6.07, 6.45) is -2.32. The molecule has 0 atom stereocenters. The van der Waals surface area contributed by atoms with E-state index in [0.717, 1.165) is 0 Å². The lowest BCUT2D eigenvalue weighted by atomic mass is 10.1. The number of benzene rings is 2. The number of hydrogen-bond donors (Lipinski definition) is 1. The topological polar surface area (TPSA) is 89.3 Å². The van der Waals surface area contributed by atoms with Crippen molar-refractivity contribution in [1.29, 1.82) is 0 Å². The zero-order valence-electron chi connectivity index (χ0n) is 13.0. The third kappa shape index (κ3) is 5.00. The molecule has 0 aliphatic heterocycles. The molecule has 2 aromatic carbocycles. The number of nitrogens with one attached hydrogen (secondary N) is 1. The summed E-state index contributed by atoms with van der Waals surface area (Å²) < 4.78 is 36.5. The van der Waals surface area contributed by atoms with E-state index in [-0.39, 0.29) is 16.9 Å². The first-order chi connectivity index (χ1) is 12.2. The standard InChI is InChI=1S/C17H11F3N2O4/c18-17(19,20)16(24)21-13-6-4-12(5-7-13)15(23)10-3-11-1-8-14(9-2-11)22(25)26/h1-10H,(H,21,24). The summed E-state index contributed by atoms with van der Waals surface area (Å²) in [7, 11) is 0. The van der Waals surface area contributed by atoms with Gasteiger partial charge in [0.2, 0.25) is 0 Å². The fraction of sp³-hybridized carbons (Fsp3) is 0.0588. The highest BCUT2D eigenvalue weighted by Crippen LogP contribution is 2.19. The number of non-ortho nitro benzene ring substituents is 1. The minimum atomic E-state index is -5.00. The molecule has 0 bridgehead atoms. The van der Waals surface area contributed by atoms with Gasteiger partial charge in [0.25, 0.3) is 5.69 Å². The van der Waals surface area contributed by atoms with E-state index in [4.69, 9.17) is 0 Å². The van der Waals surface area contributed by atoms with Gasteiger partial charge in [-0.05, 0) is 48.0 Å². The lowest BCUT2D eigenvalue weighted by Gasteiger charge is -2.07. The van der Waals surface area contributed by atoms with Crippen molar-refractivity contribution in [3.63, 3.8) is 0 Å². The highest BCUT2D eigenvalue weighted by atomic mass is 19.4. The van der Waals surface area contributed by atoms with E-state index in [1.165, 1.54) is 60.7 Å². The molecular weight excluding hydrogens is 353 g/mol. The minimum absolute atomic E-state index is 0.0787. The Labute approximate surface area is 145 Å². The van der Waals surface area contributed by atoms with Crippen LogP contribution in [0.1, 0.15) is 15.9 Å². The van der Waals surface area contributed by atoms with Crippen LogP contribution in [-0.2, 0) is 4.79 Å². The van der Waals surface area contributed by atoms with Gasteiger partial charge in [-0.25, -0.2) is 0 Å². The lowest BCUT2D eigenvalue weighted by Crippen LogP contribution is -2.29. The summed E-state index contributed by atoms with van der Waals surface area (Å²) in [5, 5.41) is 12.2. The van der Waals surface area contributed by atoms with Crippen molar-refractivity contribution in [2.45, 2.75) is 6.18 Å². The molecule has 2 rings (SSSR count). The second-order valence-electron chi connectivity index (χ2n) is 5.08. The number of amides is 1. The van der Waals surface area contributed by atoms with E-state index < -0.39 is 22.8 Å². The van der Waals surface area contributed by atoms with Gasteiger partial charge < -0.3 is 5.32 Å². The number of nitrogens with zero attached hydrogens (tertiary/aromatic N) is 1. The number of allylic oxidation sites excluding steroid dienone is 1. The van der Waals surface area contributed by atoms with Crippen LogP contribution in [0.3, 0.4) is 0 Å².